The van der Waals surface area contributed by atoms with E-state index in [1.807, 2.05) is 48.5 Å². The molecular weight excluding hydrogens is 464 g/mol. The number of hydrogen-bond acceptors (Lipinski definition) is 3. The number of benzene rings is 3. The molecule has 166 valence electrons. The van der Waals surface area contributed by atoms with Crippen molar-refractivity contribution in [1.82, 2.24) is 10.6 Å². The maximum absolute atomic E-state index is 13.1. The van der Waals surface area contributed by atoms with Gasteiger partial charge in [-0.25, -0.2) is 0 Å². The zero-order chi connectivity index (χ0) is 22.2. The molecule has 1 fully saturated rings. The van der Waals surface area contributed by atoms with E-state index in [0.717, 1.165) is 29.3 Å². The molecule has 2 N–H and O–H groups in total. The lowest BCUT2D eigenvalue weighted by molar-refractivity contribution is -0.121. The molecule has 3 aromatic rings. The maximum atomic E-state index is 13.1. The second-order valence-electron chi connectivity index (χ2n) is 8.28. The molecule has 1 aliphatic heterocycles. The van der Waals surface area contributed by atoms with E-state index in [-0.39, 0.29) is 24.0 Å². The third-order valence-corrected chi connectivity index (χ3v) is 6.62. The van der Waals surface area contributed by atoms with Gasteiger partial charge in [-0.3, -0.25) is 10.1 Å². The van der Waals surface area contributed by atoms with Crippen LogP contribution in [-0.2, 0) is 21.5 Å². The average Bonchev–Trinajstić information content (AvgIpc) is 2.84. The van der Waals surface area contributed by atoms with E-state index in [1.165, 1.54) is 11.1 Å². The van der Waals surface area contributed by atoms with Crippen LogP contribution in [-0.4, -0.2) is 25.7 Å². The molecule has 1 heterocycles. The van der Waals surface area contributed by atoms with Crippen molar-refractivity contribution in [3.8, 4) is 0 Å². The van der Waals surface area contributed by atoms with Gasteiger partial charge in [0.15, 0.2) is 0 Å². The quantitative estimate of drug-likeness (QED) is 0.457. The van der Waals surface area contributed by atoms with Crippen LogP contribution in [0.1, 0.15) is 35.6 Å². The highest BCUT2D eigenvalue weighted by Gasteiger charge is 2.34. The smallest absolute Gasteiger partial charge is 0.234 e. The molecule has 4 nitrogen and oxygen atoms in total. The van der Waals surface area contributed by atoms with Crippen LogP contribution in [0.2, 0.25) is 0 Å². The predicted octanol–water partition coefficient (Wildman–Crippen LogP) is 5.14. The lowest BCUT2D eigenvalue weighted by Gasteiger charge is -2.39. The molecule has 3 aromatic carbocycles. The van der Waals surface area contributed by atoms with Gasteiger partial charge in [0.05, 0.1) is 12.6 Å². The van der Waals surface area contributed by atoms with Crippen LogP contribution in [0.4, 0.5) is 0 Å². The van der Waals surface area contributed by atoms with Crippen molar-refractivity contribution < 1.29 is 9.53 Å². The Hall–Kier alpha value is -2.47. The molecule has 0 aromatic heterocycles. The first kappa shape index (κ1) is 22.7. The maximum Gasteiger partial charge on any atom is 0.234 e. The fourth-order valence-electron chi connectivity index (χ4n) is 4.36. The van der Waals surface area contributed by atoms with Crippen LogP contribution in [0.5, 0.6) is 0 Å². The van der Waals surface area contributed by atoms with E-state index in [4.69, 9.17) is 4.74 Å². The zero-order valence-electron chi connectivity index (χ0n) is 18.1. The first-order chi connectivity index (χ1) is 15.6. The third-order valence-electron chi connectivity index (χ3n) is 6.13. The Morgan fingerprint density at radius 1 is 0.938 bits per heavy atom. The average molecular weight is 493 g/mol. The first-order valence-electron chi connectivity index (χ1n) is 11.1. The minimum Gasteiger partial charge on any atom is -0.381 e. The number of carbonyl (C=O) groups is 1. The molecule has 1 atom stereocenters. The molecule has 0 saturated carbocycles. The van der Waals surface area contributed by atoms with E-state index >= 15 is 0 Å². The van der Waals surface area contributed by atoms with Crippen LogP contribution in [0.3, 0.4) is 0 Å². The second-order valence-corrected chi connectivity index (χ2v) is 9.19. The summed E-state index contributed by atoms with van der Waals surface area (Å²) in [6, 6.07) is 28.7. The van der Waals surface area contributed by atoms with Crippen molar-refractivity contribution in [1.29, 1.82) is 0 Å². The summed E-state index contributed by atoms with van der Waals surface area (Å²) in [7, 11) is 0. The van der Waals surface area contributed by atoms with E-state index in [9.17, 15) is 4.79 Å². The highest BCUT2D eigenvalue weighted by Crippen LogP contribution is 2.33. The highest BCUT2D eigenvalue weighted by atomic mass is 79.9. The minimum atomic E-state index is -0.263. The summed E-state index contributed by atoms with van der Waals surface area (Å²) < 4.78 is 6.66. The number of hydrogen-bond donors (Lipinski definition) is 2. The van der Waals surface area contributed by atoms with Gasteiger partial charge in [0.25, 0.3) is 0 Å². The van der Waals surface area contributed by atoms with E-state index in [0.29, 0.717) is 13.2 Å². The van der Waals surface area contributed by atoms with Crippen LogP contribution in [0, 0.1) is 0 Å². The third kappa shape index (κ3) is 5.85. The van der Waals surface area contributed by atoms with Crippen LogP contribution < -0.4 is 10.6 Å². The molecule has 1 amide bonds. The topological polar surface area (TPSA) is 50.4 Å². The van der Waals surface area contributed by atoms with Crippen molar-refractivity contribution in [2.45, 2.75) is 30.8 Å². The van der Waals surface area contributed by atoms with Gasteiger partial charge < -0.3 is 10.1 Å². The SMILES string of the molecule is O=C(CNC1(c2cccc(Br)c2)CCOCC1)NC(Cc1ccccc1)c1ccccc1. The normalized spacial score (nSPS) is 16.3. The largest absolute Gasteiger partial charge is 0.381 e. The number of nitrogens with one attached hydrogen (secondary N) is 2. The summed E-state index contributed by atoms with van der Waals surface area (Å²) in [4.78, 5) is 13.1. The summed E-state index contributed by atoms with van der Waals surface area (Å²) in [5.74, 6) is -0.00403. The fourth-order valence-corrected chi connectivity index (χ4v) is 4.75. The Kier molecular flexibility index (Phi) is 7.74. The second kappa shape index (κ2) is 10.9. The van der Waals surface area contributed by atoms with E-state index in [1.54, 1.807) is 0 Å². The predicted molar refractivity (Wildman–Crippen MR) is 131 cm³/mol. The Labute approximate surface area is 198 Å². The van der Waals surface area contributed by atoms with Crippen molar-refractivity contribution >= 4 is 21.8 Å². The number of carbonyl (C=O) groups excluding carboxylic acids is 1. The number of rotatable bonds is 8. The van der Waals surface area contributed by atoms with Gasteiger partial charge in [0.2, 0.25) is 5.91 Å². The molecule has 0 radical (unpaired) electrons. The van der Waals surface area contributed by atoms with E-state index < -0.39 is 0 Å². The highest BCUT2D eigenvalue weighted by molar-refractivity contribution is 9.10. The van der Waals surface area contributed by atoms with Gasteiger partial charge in [-0.2, -0.15) is 0 Å². The lowest BCUT2D eigenvalue weighted by Crippen LogP contribution is -2.50. The molecular formula is C27H29BrN2O2. The summed E-state index contributed by atoms with van der Waals surface area (Å²) in [5, 5.41) is 6.85. The van der Waals surface area contributed by atoms with E-state index in [2.05, 4.69) is 63.0 Å². The van der Waals surface area contributed by atoms with Gasteiger partial charge in [0.1, 0.15) is 0 Å². The lowest BCUT2D eigenvalue weighted by atomic mass is 9.82. The van der Waals surface area contributed by atoms with Crippen LogP contribution >= 0.6 is 15.9 Å². The molecule has 0 bridgehead atoms. The minimum absolute atomic E-state index is 0.00403. The molecule has 0 spiro atoms. The Morgan fingerprint density at radius 3 is 2.31 bits per heavy atom. The van der Waals surface area contributed by atoms with Crippen LogP contribution in [0.25, 0.3) is 0 Å². The van der Waals surface area contributed by atoms with Gasteiger partial charge in [0, 0.05) is 23.2 Å². The molecule has 5 heteroatoms. The van der Waals surface area contributed by atoms with Crippen molar-refractivity contribution in [2.24, 2.45) is 0 Å². The molecule has 4 rings (SSSR count). The number of amides is 1. The molecule has 1 unspecified atom stereocenters. The summed E-state index contributed by atoms with van der Waals surface area (Å²) in [6.07, 6.45) is 2.42. The zero-order valence-corrected chi connectivity index (χ0v) is 19.7. The standard InChI is InChI=1S/C27H29BrN2O2/c28-24-13-7-12-23(19-24)27(14-16-32-17-15-27)29-20-26(31)30-25(22-10-5-2-6-11-22)18-21-8-3-1-4-9-21/h1-13,19,25,29H,14-18,20H2,(H,30,31). The van der Waals surface area contributed by atoms with Gasteiger partial charge in [-0.15, -0.1) is 0 Å². The summed E-state index contributed by atoms with van der Waals surface area (Å²) in [5.41, 5.74) is 3.23. The van der Waals surface area contributed by atoms with Gasteiger partial charge in [-0.1, -0.05) is 88.7 Å². The number of ether oxygens (including phenoxy) is 1. The Bertz CT molecular complexity index is 1000. The van der Waals surface area contributed by atoms with Gasteiger partial charge >= 0.3 is 0 Å². The van der Waals surface area contributed by atoms with Crippen molar-refractivity contribution in [2.75, 3.05) is 19.8 Å². The molecule has 0 aliphatic carbocycles. The first-order valence-corrected chi connectivity index (χ1v) is 11.9. The van der Waals surface area contributed by atoms with Crippen molar-refractivity contribution in [3.05, 3.63) is 106 Å². The number of halogens is 1. The van der Waals surface area contributed by atoms with Crippen LogP contribution in [0.15, 0.2) is 89.4 Å². The summed E-state index contributed by atoms with van der Waals surface area (Å²) in [6.45, 7) is 1.62. The molecule has 1 aliphatic rings. The van der Waals surface area contributed by atoms with Gasteiger partial charge in [-0.05, 0) is 48.1 Å². The molecule has 32 heavy (non-hydrogen) atoms. The monoisotopic (exact) mass is 492 g/mol. The summed E-state index contributed by atoms with van der Waals surface area (Å²) >= 11 is 3.58. The molecule has 1 saturated heterocycles. The van der Waals surface area contributed by atoms with Crippen molar-refractivity contribution in [3.63, 3.8) is 0 Å². The Morgan fingerprint density at radius 2 is 1.62 bits per heavy atom. The fraction of sp³-hybridized carbons (Fsp3) is 0.296. The Balaban J connectivity index is 1.47.